The van der Waals surface area contributed by atoms with Crippen LogP contribution in [-0.4, -0.2) is 23.5 Å². The minimum Gasteiger partial charge on any atom is -0.370 e. The molecule has 3 N–H and O–H groups in total. The van der Waals surface area contributed by atoms with Crippen LogP contribution in [-0.2, 0) is 6.42 Å². The summed E-state index contributed by atoms with van der Waals surface area (Å²) in [5.74, 6) is 0.527. The average molecular weight is 404 g/mol. The van der Waals surface area contributed by atoms with Crippen LogP contribution in [0.5, 0.6) is 0 Å². The maximum absolute atomic E-state index is 5.74. The molecular weight excluding hydrogens is 383 g/mol. The average Bonchev–Trinajstić information content (AvgIpc) is 2.76. The molecule has 4 nitrogen and oxygen atoms in total. The second-order valence-corrected chi connectivity index (χ2v) is 5.86. The van der Waals surface area contributed by atoms with Crippen LogP contribution in [0.4, 0.5) is 0 Å². The first-order valence-corrected chi connectivity index (χ1v) is 7.37. The number of halogens is 1. The van der Waals surface area contributed by atoms with Gasteiger partial charge in [-0.25, -0.2) is 4.98 Å². The molecule has 20 heavy (non-hydrogen) atoms. The van der Waals surface area contributed by atoms with Gasteiger partial charge in [0.15, 0.2) is 5.96 Å². The molecule has 0 unspecified atom stereocenters. The van der Waals surface area contributed by atoms with Crippen molar-refractivity contribution in [3.8, 4) is 0 Å². The van der Waals surface area contributed by atoms with Crippen molar-refractivity contribution in [2.45, 2.75) is 32.7 Å². The van der Waals surface area contributed by atoms with Crippen molar-refractivity contribution in [1.29, 1.82) is 0 Å². The number of hydrogen-bond donors (Lipinski definition) is 2. The van der Waals surface area contributed by atoms with Gasteiger partial charge in [0.2, 0.25) is 0 Å². The Morgan fingerprint density at radius 1 is 1.40 bits per heavy atom. The lowest BCUT2D eigenvalue weighted by molar-refractivity contribution is 0.719. The fourth-order valence-electron chi connectivity index (χ4n) is 1.80. The van der Waals surface area contributed by atoms with Gasteiger partial charge >= 0.3 is 0 Å². The summed E-state index contributed by atoms with van der Waals surface area (Å²) in [6.07, 6.45) is 1.93. The Hall–Kier alpha value is -0.890. The lowest BCUT2D eigenvalue weighted by Gasteiger charge is -2.07. The molecule has 1 heterocycles. The third-order valence-corrected chi connectivity index (χ3v) is 3.70. The molecule has 0 atom stereocenters. The molecule has 2 aromatic rings. The molecular formula is C14H21IN4S. The zero-order chi connectivity index (χ0) is 13.7. The number of rotatable bonds is 5. The van der Waals surface area contributed by atoms with Crippen LogP contribution in [0.2, 0.25) is 0 Å². The second kappa shape index (κ2) is 8.41. The molecule has 0 bridgehead atoms. The van der Waals surface area contributed by atoms with Crippen LogP contribution < -0.4 is 11.1 Å². The number of nitrogens with zero attached hydrogens (tertiary/aromatic N) is 2. The molecule has 0 radical (unpaired) electrons. The van der Waals surface area contributed by atoms with E-state index in [4.69, 9.17) is 5.73 Å². The molecule has 110 valence electrons. The highest BCUT2D eigenvalue weighted by molar-refractivity contribution is 14.0. The zero-order valence-corrected chi connectivity index (χ0v) is 14.9. The van der Waals surface area contributed by atoms with Gasteiger partial charge in [-0.3, -0.25) is 4.99 Å². The van der Waals surface area contributed by atoms with Crippen molar-refractivity contribution >= 4 is 51.5 Å². The SMILES string of the molecule is CC(C)NC(N)=NCCCc1nc2ccccc2s1.I. The van der Waals surface area contributed by atoms with Gasteiger partial charge < -0.3 is 11.1 Å². The summed E-state index contributed by atoms with van der Waals surface area (Å²) in [5.41, 5.74) is 6.83. The van der Waals surface area contributed by atoms with Gasteiger partial charge in [-0.15, -0.1) is 35.3 Å². The molecule has 0 saturated heterocycles. The fourth-order valence-corrected chi connectivity index (χ4v) is 2.81. The number of nitrogens with one attached hydrogen (secondary N) is 1. The summed E-state index contributed by atoms with van der Waals surface area (Å²) < 4.78 is 1.25. The van der Waals surface area contributed by atoms with E-state index in [0.717, 1.165) is 24.9 Å². The van der Waals surface area contributed by atoms with Crippen molar-refractivity contribution in [3.05, 3.63) is 29.3 Å². The Balaban J connectivity index is 0.00000200. The number of guanidine groups is 1. The number of nitrogens with two attached hydrogens (primary N) is 1. The van der Waals surface area contributed by atoms with Gasteiger partial charge in [0.1, 0.15) is 0 Å². The normalized spacial score (nSPS) is 11.7. The van der Waals surface area contributed by atoms with E-state index < -0.39 is 0 Å². The van der Waals surface area contributed by atoms with E-state index in [0.29, 0.717) is 12.0 Å². The molecule has 0 aliphatic carbocycles. The molecule has 0 aliphatic rings. The smallest absolute Gasteiger partial charge is 0.188 e. The van der Waals surface area contributed by atoms with Gasteiger partial charge in [-0.05, 0) is 32.4 Å². The van der Waals surface area contributed by atoms with Gasteiger partial charge in [0.25, 0.3) is 0 Å². The molecule has 2 rings (SSSR count). The first kappa shape index (κ1) is 17.2. The van der Waals surface area contributed by atoms with E-state index in [1.807, 2.05) is 26.0 Å². The van der Waals surface area contributed by atoms with Crippen LogP contribution in [0, 0.1) is 0 Å². The van der Waals surface area contributed by atoms with E-state index in [9.17, 15) is 0 Å². The number of aromatic nitrogens is 1. The van der Waals surface area contributed by atoms with E-state index in [1.54, 1.807) is 11.3 Å². The number of para-hydroxylation sites is 1. The fraction of sp³-hybridized carbons (Fsp3) is 0.429. The number of benzene rings is 1. The highest BCUT2D eigenvalue weighted by atomic mass is 127. The van der Waals surface area contributed by atoms with Crippen LogP contribution in [0.1, 0.15) is 25.3 Å². The Kier molecular flexibility index (Phi) is 7.22. The summed E-state index contributed by atoms with van der Waals surface area (Å²) in [4.78, 5) is 8.89. The van der Waals surface area contributed by atoms with Crippen molar-refractivity contribution < 1.29 is 0 Å². The lowest BCUT2D eigenvalue weighted by Crippen LogP contribution is -2.36. The summed E-state index contributed by atoms with van der Waals surface area (Å²) in [5, 5.41) is 4.25. The number of fused-ring (bicyclic) bond motifs is 1. The first-order chi connectivity index (χ1) is 9.15. The number of hydrogen-bond acceptors (Lipinski definition) is 3. The van der Waals surface area contributed by atoms with Gasteiger partial charge in [0.05, 0.1) is 15.2 Å². The maximum atomic E-state index is 5.74. The predicted octanol–water partition coefficient (Wildman–Crippen LogP) is 3.16. The predicted molar refractivity (Wildman–Crippen MR) is 98.1 cm³/mol. The molecule has 0 saturated carbocycles. The summed E-state index contributed by atoms with van der Waals surface area (Å²) in [6.45, 7) is 4.83. The van der Waals surface area contributed by atoms with Gasteiger partial charge in [-0.1, -0.05) is 12.1 Å². The zero-order valence-electron chi connectivity index (χ0n) is 11.8. The second-order valence-electron chi connectivity index (χ2n) is 4.74. The molecule has 0 aliphatic heterocycles. The van der Waals surface area contributed by atoms with E-state index in [1.165, 1.54) is 9.71 Å². The van der Waals surface area contributed by atoms with E-state index >= 15 is 0 Å². The molecule has 0 spiro atoms. The number of thiazole rings is 1. The number of aliphatic imine (C=N–C) groups is 1. The Bertz CT molecular complexity index is 532. The third kappa shape index (κ3) is 5.24. The highest BCUT2D eigenvalue weighted by Crippen LogP contribution is 2.22. The van der Waals surface area contributed by atoms with Crippen LogP contribution in [0.25, 0.3) is 10.2 Å². The summed E-state index contributed by atoms with van der Waals surface area (Å²) in [7, 11) is 0. The van der Waals surface area contributed by atoms with E-state index in [2.05, 4.69) is 27.4 Å². The van der Waals surface area contributed by atoms with Crippen molar-refractivity contribution in [2.24, 2.45) is 10.7 Å². The Morgan fingerprint density at radius 2 is 2.15 bits per heavy atom. The van der Waals surface area contributed by atoms with Gasteiger partial charge in [-0.2, -0.15) is 0 Å². The Morgan fingerprint density at radius 3 is 2.85 bits per heavy atom. The van der Waals surface area contributed by atoms with Crippen molar-refractivity contribution in [2.75, 3.05) is 6.54 Å². The highest BCUT2D eigenvalue weighted by Gasteiger charge is 2.02. The molecule has 0 amide bonds. The van der Waals surface area contributed by atoms with Gasteiger partial charge in [0, 0.05) is 19.0 Å². The first-order valence-electron chi connectivity index (χ1n) is 6.56. The summed E-state index contributed by atoms with van der Waals surface area (Å²) in [6, 6.07) is 8.56. The topological polar surface area (TPSA) is 63.3 Å². The minimum atomic E-state index is 0. The van der Waals surface area contributed by atoms with E-state index in [-0.39, 0.29) is 24.0 Å². The molecule has 6 heteroatoms. The summed E-state index contributed by atoms with van der Waals surface area (Å²) >= 11 is 1.76. The minimum absolute atomic E-state index is 0. The standard InChI is InChI=1S/C14H20N4S.HI/c1-10(2)17-14(15)16-9-5-8-13-18-11-6-3-4-7-12(11)19-13;/h3-4,6-7,10H,5,8-9H2,1-2H3,(H3,15,16,17);1H. The largest absolute Gasteiger partial charge is 0.370 e. The maximum Gasteiger partial charge on any atom is 0.188 e. The van der Waals surface area contributed by atoms with Crippen LogP contribution in [0.3, 0.4) is 0 Å². The monoisotopic (exact) mass is 404 g/mol. The molecule has 1 aromatic heterocycles. The quantitative estimate of drug-likeness (QED) is 0.348. The lowest BCUT2D eigenvalue weighted by atomic mass is 10.3. The number of aryl methyl sites for hydroxylation is 1. The Labute approximate surface area is 140 Å². The van der Waals surface area contributed by atoms with Crippen LogP contribution >= 0.6 is 35.3 Å². The van der Waals surface area contributed by atoms with Crippen molar-refractivity contribution in [3.63, 3.8) is 0 Å². The molecule has 1 aromatic carbocycles. The van der Waals surface area contributed by atoms with Crippen LogP contribution in [0.15, 0.2) is 29.3 Å². The molecule has 0 fully saturated rings. The van der Waals surface area contributed by atoms with Crippen molar-refractivity contribution in [1.82, 2.24) is 10.3 Å². The third-order valence-electron chi connectivity index (χ3n) is 2.61.